The molecule has 18 heavy (non-hydrogen) atoms. The van der Waals surface area contributed by atoms with Gasteiger partial charge in [-0.25, -0.2) is 4.79 Å². The number of hydrogen-bond acceptors (Lipinski definition) is 5. The van der Waals surface area contributed by atoms with E-state index in [9.17, 15) is 9.00 Å². The summed E-state index contributed by atoms with van der Waals surface area (Å²) in [6, 6.07) is 2.13. The average molecular weight is 271 g/mol. The van der Waals surface area contributed by atoms with Crippen molar-refractivity contribution < 1.29 is 18.2 Å². The summed E-state index contributed by atoms with van der Waals surface area (Å²) in [4.78, 5) is 11.4. The molecular formula is C12H17NO4S. The Balaban J connectivity index is 1.88. The Hall–Kier alpha value is -1.14. The molecule has 1 N–H and O–H groups in total. The monoisotopic (exact) mass is 271 g/mol. The van der Waals surface area contributed by atoms with E-state index in [0.717, 1.165) is 29.9 Å². The first-order valence-electron chi connectivity index (χ1n) is 5.93. The van der Waals surface area contributed by atoms with E-state index in [4.69, 9.17) is 4.42 Å². The van der Waals surface area contributed by atoms with Gasteiger partial charge < -0.3 is 14.5 Å². The molecule has 1 fully saturated rings. The molecule has 0 aromatic carbocycles. The first kappa shape index (κ1) is 13.3. The lowest BCUT2D eigenvalue weighted by molar-refractivity contribution is 0.0563. The Labute approximate surface area is 108 Å². The van der Waals surface area contributed by atoms with Crippen LogP contribution in [-0.2, 0) is 22.1 Å². The lowest BCUT2D eigenvalue weighted by Crippen LogP contribution is -2.35. The van der Waals surface area contributed by atoms with Gasteiger partial charge in [-0.05, 0) is 18.9 Å². The number of esters is 1. The van der Waals surface area contributed by atoms with Crippen LogP contribution >= 0.6 is 0 Å². The van der Waals surface area contributed by atoms with E-state index in [1.165, 1.54) is 13.4 Å². The highest BCUT2D eigenvalue weighted by atomic mass is 32.2. The van der Waals surface area contributed by atoms with Gasteiger partial charge in [0.15, 0.2) is 0 Å². The third kappa shape index (κ3) is 3.20. The maximum absolute atomic E-state index is 11.4. The summed E-state index contributed by atoms with van der Waals surface area (Å²) in [5.74, 6) is 1.31. The molecule has 0 aliphatic carbocycles. The molecule has 1 aromatic rings. The normalized spacial score (nSPS) is 23.8. The van der Waals surface area contributed by atoms with Crippen LogP contribution in [0.2, 0.25) is 0 Å². The van der Waals surface area contributed by atoms with E-state index >= 15 is 0 Å². The minimum Gasteiger partial charge on any atom is -0.463 e. The van der Waals surface area contributed by atoms with Crippen LogP contribution in [-0.4, -0.2) is 34.8 Å². The van der Waals surface area contributed by atoms with Gasteiger partial charge in [-0.2, -0.15) is 0 Å². The van der Waals surface area contributed by atoms with Crippen molar-refractivity contribution in [3.05, 3.63) is 23.7 Å². The number of hydrogen-bond donors (Lipinski definition) is 1. The standard InChI is InChI=1S/C12H17NO4S/c1-16-12(14)11-9(2-5-17-11)8-13-10-3-6-18(15)7-4-10/h2,5,10,13H,3-4,6-8H2,1H3. The van der Waals surface area contributed by atoms with Gasteiger partial charge >= 0.3 is 5.97 Å². The van der Waals surface area contributed by atoms with Crippen molar-refractivity contribution in [3.8, 4) is 0 Å². The van der Waals surface area contributed by atoms with Crippen molar-refractivity contribution in [1.29, 1.82) is 0 Å². The van der Waals surface area contributed by atoms with Crippen LogP contribution in [0.25, 0.3) is 0 Å². The van der Waals surface area contributed by atoms with E-state index < -0.39 is 16.8 Å². The van der Waals surface area contributed by atoms with Crippen LogP contribution < -0.4 is 5.32 Å². The number of carbonyl (C=O) groups is 1. The summed E-state index contributed by atoms with van der Waals surface area (Å²) < 4.78 is 21.0. The molecule has 2 rings (SSSR count). The van der Waals surface area contributed by atoms with Crippen molar-refractivity contribution in [2.45, 2.75) is 25.4 Å². The van der Waals surface area contributed by atoms with Crippen molar-refractivity contribution in [1.82, 2.24) is 5.32 Å². The molecule has 0 amide bonds. The van der Waals surface area contributed by atoms with Gasteiger partial charge in [-0.1, -0.05) is 0 Å². The molecule has 0 unspecified atom stereocenters. The van der Waals surface area contributed by atoms with Gasteiger partial charge in [-0.3, -0.25) is 4.21 Å². The first-order chi connectivity index (χ1) is 8.70. The van der Waals surface area contributed by atoms with Crippen molar-refractivity contribution in [3.63, 3.8) is 0 Å². The van der Waals surface area contributed by atoms with E-state index in [0.29, 0.717) is 12.6 Å². The van der Waals surface area contributed by atoms with Gasteiger partial charge in [0.25, 0.3) is 0 Å². The fourth-order valence-electron chi connectivity index (χ4n) is 2.00. The molecule has 2 heterocycles. The molecule has 5 nitrogen and oxygen atoms in total. The number of nitrogens with one attached hydrogen (secondary N) is 1. The van der Waals surface area contributed by atoms with Gasteiger partial charge in [0.05, 0.1) is 13.4 Å². The minimum atomic E-state index is -0.647. The molecule has 1 aliphatic rings. The zero-order chi connectivity index (χ0) is 13.0. The molecule has 1 saturated heterocycles. The predicted octanol–water partition coefficient (Wildman–Crippen LogP) is 1.07. The second kappa shape index (κ2) is 6.15. The molecule has 0 atom stereocenters. The van der Waals surface area contributed by atoms with E-state index in [-0.39, 0.29) is 5.76 Å². The third-order valence-electron chi connectivity index (χ3n) is 3.09. The van der Waals surface area contributed by atoms with Crippen molar-refractivity contribution >= 4 is 16.8 Å². The molecule has 0 saturated carbocycles. The average Bonchev–Trinajstić information content (AvgIpc) is 2.85. The molecule has 0 radical (unpaired) electrons. The fraction of sp³-hybridized carbons (Fsp3) is 0.583. The van der Waals surface area contributed by atoms with E-state index in [1.54, 1.807) is 6.07 Å². The Morgan fingerprint density at radius 3 is 2.94 bits per heavy atom. The lowest BCUT2D eigenvalue weighted by Gasteiger charge is -2.22. The van der Waals surface area contributed by atoms with Crippen LogP contribution in [0.1, 0.15) is 29.0 Å². The highest BCUT2D eigenvalue weighted by Gasteiger charge is 2.20. The van der Waals surface area contributed by atoms with Crippen LogP contribution in [0.5, 0.6) is 0 Å². The zero-order valence-corrected chi connectivity index (χ0v) is 11.1. The largest absolute Gasteiger partial charge is 0.463 e. The summed E-state index contributed by atoms with van der Waals surface area (Å²) in [5.41, 5.74) is 0.800. The third-order valence-corrected chi connectivity index (χ3v) is 4.47. The van der Waals surface area contributed by atoms with Gasteiger partial charge in [0.1, 0.15) is 0 Å². The summed E-state index contributed by atoms with van der Waals surface area (Å²) in [6.45, 7) is 0.568. The highest BCUT2D eigenvalue weighted by molar-refractivity contribution is 7.85. The van der Waals surface area contributed by atoms with Gasteiger partial charge in [-0.15, -0.1) is 0 Å². The van der Waals surface area contributed by atoms with Crippen LogP contribution in [0.3, 0.4) is 0 Å². The molecule has 0 spiro atoms. The van der Waals surface area contributed by atoms with Gasteiger partial charge in [0, 0.05) is 40.5 Å². The minimum absolute atomic E-state index is 0.254. The lowest BCUT2D eigenvalue weighted by atomic mass is 10.1. The first-order valence-corrected chi connectivity index (χ1v) is 7.42. The second-order valence-corrected chi connectivity index (χ2v) is 5.97. The smallest absolute Gasteiger partial charge is 0.374 e. The number of rotatable bonds is 4. The summed E-state index contributed by atoms with van der Waals surface area (Å²) in [5, 5.41) is 3.36. The maximum Gasteiger partial charge on any atom is 0.374 e. The molecular weight excluding hydrogens is 254 g/mol. The highest BCUT2D eigenvalue weighted by Crippen LogP contribution is 2.14. The molecule has 1 aliphatic heterocycles. The maximum atomic E-state index is 11.4. The summed E-state index contributed by atoms with van der Waals surface area (Å²) in [7, 11) is 0.685. The Morgan fingerprint density at radius 2 is 2.28 bits per heavy atom. The van der Waals surface area contributed by atoms with Crippen molar-refractivity contribution in [2.75, 3.05) is 18.6 Å². The van der Waals surface area contributed by atoms with Crippen LogP contribution in [0, 0.1) is 0 Å². The molecule has 100 valence electrons. The fourth-order valence-corrected chi connectivity index (χ4v) is 3.30. The molecule has 6 heteroatoms. The van der Waals surface area contributed by atoms with Crippen LogP contribution in [0.4, 0.5) is 0 Å². The topological polar surface area (TPSA) is 68.5 Å². The molecule has 1 aromatic heterocycles. The Morgan fingerprint density at radius 1 is 1.56 bits per heavy atom. The van der Waals surface area contributed by atoms with Crippen LogP contribution in [0.15, 0.2) is 16.7 Å². The predicted molar refractivity (Wildman–Crippen MR) is 67.8 cm³/mol. The number of methoxy groups -OCH3 is 1. The summed E-state index contributed by atoms with van der Waals surface area (Å²) >= 11 is 0. The summed E-state index contributed by atoms with van der Waals surface area (Å²) in [6.07, 6.45) is 3.31. The molecule has 0 bridgehead atoms. The SMILES string of the molecule is COC(=O)c1occc1CNC1CCS(=O)CC1. The number of ether oxygens (including phenoxy) is 1. The van der Waals surface area contributed by atoms with Gasteiger partial charge in [0.2, 0.25) is 5.76 Å². The number of carbonyl (C=O) groups excluding carboxylic acids is 1. The van der Waals surface area contributed by atoms with Crippen molar-refractivity contribution in [2.24, 2.45) is 0 Å². The Bertz CT molecular complexity index is 433. The zero-order valence-electron chi connectivity index (χ0n) is 10.3. The Kier molecular flexibility index (Phi) is 4.54. The number of furan rings is 1. The quantitative estimate of drug-likeness (QED) is 0.830. The van der Waals surface area contributed by atoms with E-state index in [2.05, 4.69) is 10.1 Å². The van der Waals surface area contributed by atoms with E-state index in [1.807, 2.05) is 0 Å². The second-order valence-electron chi connectivity index (χ2n) is 4.27.